The molecule has 3 rings (SSSR count). The van der Waals surface area contributed by atoms with Gasteiger partial charge >= 0.3 is 6.03 Å². The summed E-state index contributed by atoms with van der Waals surface area (Å²) in [7, 11) is 0. The van der Waals surface area contributed by atoms with E-state index in [1.807, 2.05) is 0 Å². The molecule has 1 heterocycles. The standard InChI is InChI=1S/C19H22FN3O3S/c1-12-4-2-3-5-15(12)22-18(25)23-17(24)11-27-19-21-10-16(26-19)13-6-8-14(20)9-7-13/h6-10,12,15H,2-5,11H2,1H3,(H2,22,23,24,25)/t12-,15+/m0/s1. The van der Waals surface area contributed by atoms with E-state index in [1.165, 1.54) is 24.8 Å². The summed E-state index contributed by atoms with van der Waals surface area (Å²) in [5.41, 5.74) is 0.696. The van der Waals surface area contributed by atoms with Crippen LogP contribution in [0.5, 0.6) is 0 Å². The second kappa shape index (κ2) is 9.03. The Morgan fingerprint density at radius 3 is 2.74 bits per heavy atom. The van der Waals surface area contributed by atoms with Gasteiger partial charge in [-0.05, 0) is 43.0 Å². The van der Waals surface area contributed by atoms with E-state index in [0.717, 1.165) is 31.0 Å². The van der Waals surface area contributed by atoms with E-state index in [1.54, 1.807) is 12.1 Å². The molecule has 0 bridgehead atoms. The number of imide groups is 1. The smallest absolute Gasteiger partial charge is 0.321 e. The van der Waals surface area contributed by atoms with Gasteiger partial charge in [0.1, 0.15) is 5.82 Å². The Kier molecular flexibility index (Phi) is 6.49. The number of amides is 3. The normalized spacial score (nSPS) is 19.5. The van der Waals surface area contributed by atoms with Crippen LogP contribution in [-0.2, 0) is 4.79 Å². The number of benzene rings is 1. The number of oxazole rings is 1. The first-order chi connectivity index (χ1) is 13.0. The second-order valence-corrected chi connectivity index (χ2v) is 7.60. The molecule has 1 aromatic carbocycles. The van der Waals surface area contributed by atoms with Crippen LogP contribution in [0.2, 0.25) is 0 Å². The van der Waals surface area contributed by atoms with Gasteiger partial charge in [0, 0.05) is 11.6 Å². The predicted molar refractivity (Wildman–Crippen MR) is 101 cm³/mol. The van der Waals surface area contributed by atoms with Gasteiger partial charge in [-0.1, -0.05) is 31.5 Å². The second-order valence-electron chi connectivity index (χ2n) is 6.68. The average Bonchev–Trinajstić information content (AvgIpc) is 3.11. The van der Waals surface area contributed by atoms with E-state index in [0.29, 0.717) is 22.5 Å². The summed E-state index contributed by atoms with van der Waals surface area (Å²) in [6.45, 7) is 2.11. The lowest BCUT2D eigenvalue weighted by molar-refractivity contribution is -0.117. The summed E-state index contributed by atoms with van der Waals surface area (Å²) in [5, 5.41) is 5.53. The fraction of sp³-hybridized carbons (Fsp3) is 0.421. The number of carbonyl (C=O) groups excluding carboxylic acids is 2. The molecule has 1 aliphatic carbocycles. The lowest BCUT2D eigenvalue weighted by Gasteiger charge is -2.29. The van der Waals surface area contributed by atoms with Gasteiger partial charge in [0.25, 0.3) is 5.22 Å². The van der Waals surface area contributed by atoms with Gasteiger partial charge in [0.05, 0.1) is 11.9 Å². The number of thioether (sulfide) groups is 1. The van der Waals surface area contributed by atoms with Crippen molar-refractivity contribution in [2.24, 2.45) is 5.92 Å². The first-order valence-electron chi connectivity index (χ1n) is 8.96. The van der Waals surface area contributed by atoms with Gasteiger partial charge in [0.15, 0.2) is 5.76 Å². The Labute approximate surface area is 161 Å². The first-order valence-corrected chi connectivity index (χ1v) is 9.95. The molecule has 2 atom stereocenters. The van der Waals surface area contributed by atoms with Crippen LogP contribution in [0.3, 0.4) is 0 Å². The Hall–Kier alpha value is -2.35. The van der Waals surface area contributed by atoms with Crippen molar-refractivity contribution in [2.45, 2.75) is 43.9 Å². The lowest BCUT2D eigenvalue weighted by Crippen LogP contribution is -2.48. The highest BCUT2D eigenvalue weighted by molar-refractivity contribution is 7.99. The molecule has 27 heavy (non-hydrogen) atoms. The van der Waals surface area contributed by atoms with E-state index < -0.39 is 11.9 Å². The van der Waals surface area contributed by atoms with Crippen LogP contribution in [0.4, 0.5) is 9.18 Å². The first kappa shape index (κ1) is 19.4. The van der Waals surface area contributed by atoms with Crippen LogP contribution >= 0.6 is 11.8 Å². The zero-order valence-electron chi connectivity index (χ0n) is 15.0. The average molecular weight is 391 g/mol. The topological polar surface area (TPSA) is 84.2 Å². The van der Waals surface area contributed by atoms with Crippen LogP contribution < -0.4 is 10.6 Å². The maximum atomic E-state index is 13.0. The fourth-order valence-electron chi connectivity index (χ4n) is 3.10. The van der Waals surface area contributed by atoms with E-state index in [9.17, 15) is 14.0 Å². The van der Waals surface area contributed by atoms with Crippen molar-refractivity contribution in [3.8, 4) is 11.3 Å². The monoisotopic (exact) mass is 391 g/mol. The van der Waals surface area contributed by atoms with Gasteiger partial charge < -0.3 is 9.73 Å². The molecule has 1 aliphatic rings. The third-order valence-electron chi connectivity index (χ3n) is 4.62. The maximum Gasteiger partial charge on any atom is 0.321 e. The number of nitrogens with zero attached hydrogens (tertiary/aromatic N) is 1. The molecule has 3 amide bonds. The molecule has 0 spiro atoms. The number of halogens is 1. The number of hydrogen-bond donors (Lipinski definition) is 2. The molecule has 6 nitrogen and oxygen atoms in total. The quantitative estimate of drug-likeness (QED) is 0.753. The molecule has 0 radical (unpaired) electrons. The maximum absolute atomic E-state index is 13.0. The molecular formula is C19H22FN3O3S. The minimum Gasteiger partial charge on any atom is -0.431 e. The van der Waals surface area contributed by atoms with Crippen LogP contribution in [0.25, 0.3) is 11.3 Å². The number of urea groups is 1. The van der Waals surface area contributed by atoms with Crippen LogP contribution in [-0.4, -0.2) is 28.7 Å². The zero-order valence-corrected chi connectivity index (χ0v) is 15.9. The van der Waals surface area contributed by atoms with E-state index >= 15 is 0 Å². The fourth-order valence-corrected chi connectivity index (χ4v) is 3.70. The lowest BCUT2D eigenvalue weighted by atomic mass is 9.86. The summed E-state index contributed by atoms with van der Waals surface area (Å²) in [6, 6.07) is 5.51. The Balaban J connectivity index is 1.45. The molecule has 0 saturated heterocycles. The third-order valence-corrected chi connectivity index (χ3v) is 5.46. The van der Waals surface area contributed by atoms with Crippen molar-refractivity contribution in [3.63, 3.8) is 0 Å². The van der Waals surface area contributed by atoms with E-state index in [2.05, 4.69) is 22.5 Å². The Morgan fingerprint density at radius 1 is 1.26 bits per heavy atom. The number of nitrogens with one attached hydrogen (secondary N) is 2. The number of hydrogen-bond acceptors (Lipinski definition) is 5. The molecule has 2 N–H and O–H groups in total. The van der Waals surface area contributed by atoms with Gasteiger partial charge in [-0.25, -0.2) is 14.2 Å². The zero-order chi connectivity index (χ0) is 19.2. The van der Waals surface area contributed by atoms with Gasteiger partial charge in [-0.15, -0.1) is 0 Å². The van der Waals surface area contributed by atoms with Crippen molar-refractivity contribution >= 4 is 23.7 Å². The molecule has 2 aromatic rings. The van der Waals surface area contributed by atoms with Gasteiger partial charge in [0.2, 0.25) is 5.91 Å². The number of aromatic nitrogens is 1. The van der Waals surface area contributed by atoms with Crippen LogP contribution in [0, 0.1) is 11.7 Å². The van der Waals surface area contributed by atoms with Crippen molar-refractivity contribution in [2.75, 3.05) is 5.75 Å². The van der Waals surface area contributed by atoms with Crippen LogP contribution in [0.1, 0.15) is 32.6 Å². The molecular weight excluding hydrogens is 369 g/mol. The van der Waals surface area contributed by atoms with Crippen LogP contribution in [0.15, 0.2) is 40.1 Å². The van der Waals surface area contributed by atoms with E-state index in [4.69, 9.17) is 4.42 Å². The molecule has 1 fully saturated rings. The molecule has 8 heteroatoms. The van der Waals surface area contributed by atoms with E-state index in [-0.39, 0.29) is 17.6 Å². The summed E-state index contributed by atoms with van der Waals surface area (Å²) in [6.07, 6.45) is 5.84. The third kappa shape index (κ3) is 5.56. The minimum absolute atomic E-state index is 0.0109. The highest BCUT2D eigenvalue weighted by atomic mass is 32.2. The molecule has 1 saturated carbocycles. The number of carbonyl (C=O) groups is 2. The van der Waals surface area contributed by atoms with Gasteiger partial charge in [-0.2, -0.15) is 0 Å². The number of rotatable bonds is 5. The van der Waals surface area contributed by atoms with Crippen molar-refractivity contribution in [1.29, 1.82) is 0 Å². The largest absolute Gasteiger partial charge is 0.431 e. The van der Waals surface area contributed by atoms with Crippen molar-refractivity contribution in [1.82, 2.24) is 15.6 Å². The summed E-state index contributed by atoms with van der Waals surface area (Å²) in [5.74, 6) is 0.179. The summed E-state index contributed by atoms with van der Waals surface area (Å²) >= 11 is 1.09. The van der Waals surface area contributed by atoms with Crippen molar-refractivity contribution in [3.05, 3.63) is 36.3 Å². The summed E-state index contributed by atoms with van der Waals surface area (Å²) in [4.78, 5) is 28.0. The highest BCUT2D eigenvalue weighted by Gasteiger charge is 2.23. The Bertz CT molecular complexity index is 794. The molecule has 144 valence electrons. The minimum atomic E-state index is -0.459. The van der Waals surface area contributed by atoms with Gasteiger partial charge in [-0.3, -0.25) is 10.1 Å². The summed E-state index contributed by atoms with van der Waals surface area (Å²) < 4.78 is 18.5. The highest BCUT2D eigenvalue weighted by Crippen LogP contribution is 2.26. The molecule has 1 aromatic heterocycles. The SMILES string of the molecule is C[C@H]1CCCC[C@H]1NC(=O)NC(=O)CSc1ncc(-c2ccc(F)cc2)o1. The molecule has 0 unspecified atom stereocenters. The molecule has 0 aliphatic heterocycles. The predicted octanol–water partition coefficient (Wildman–Crippen LogP) is 3.98. The Morgan fingerprint density at radius 2 is 2.00 bits per heavy atom. The van der Waals surface area contributed by atoms with Crippen molar-refractivity contribution < 1.29 is 18.4 Å².